The highest BCUT2D eigenvalue weighted by molar-refractivity contribution is 5.00. The second-order valence-corrected chi connectivity index (χ2v) is 5.03. The van der Waals surface area contributed by atoms with E-state index in [0.29, 0.717) is 0 Å². The summed E-state index contributed by atoms with van der Waals surface area (Å²) in [5.41, 5.74) is 7.20. The van der Waals surface area contributed by atoms with E-state index in [1.165, 1.54) is 37.8 Å². The van der Waals surface area contributed by atoms with Crippen molar-refractivity contribution in [1.29, 1.82) is 0 Å². The quantitative estimate of drug-likeness (QED) is 0.846. The molecule has 2 rings (SSSR count). The summed E-state index contributed by atoms with van der Waals surface area (Å²) in [6.07, 6.45) is 9.80. The van der Waals surface area contributed by atoms with Crippen molar-refractivity contribution in [2.45, 2.75) is 38.5 Å². The molecular formula is C13H23N3. The first-order chi connectivity index (χ1) is 7.81. The molecule has 1 saturated carbocycles. The highest BCUT2D eigenvalue weighted by Gasteiger charge is 2.23. The summed E-state index contributed by atoms with van der Waals surface area (Å²) in [7, 11) is 2.02. The normalized spacial score (nSPS) is 25.9. The van der Waals surface area contributed by atoms with Crippen LogP contribution in [-0.4, -0.2) is 16.3 Å². The lowest BCUT2D eigenvalue weighted by atomic mass is 9.77. The van der Waals surface area contributed by atoms with Crippen molar-refractivity contribution >= 4 is 0 Å². The molecule has 0 amide bonds. The molecule has 2 unspecified atom stereocenters. The highest BCUT2D eigenvalue weighted by atomic mass is 15.2. The molecular weight excluding hydrogens is 198 g/mol. The van der Waals surface area contributed by atoms with Gasteiger partial charge in [0.05, 0.1) is 0 Å². The molecule has 1 aromatic rings. The van der Waals surface area contributed by atoms with Gasteiger partial charge < -0.3 is 5.73 Å². The van der Waals surface area contributed by atoms with Crippen molar-refractivity contribution in [3.05, 3.63) is 18.0 Å². The molecule has 0 saturated heterocycles. The molecule has 3 heteroatoms. The average molecular weight is 221 g/mol. The Bertz CT molecular complexity index is 319. The van der Waals surface area contributed by atoms with E-state index in [4.69, 9.17) is 5.73 Å². The fourth-order valence-electron chi connectivity index (χ4n) is 2.95. The van der Waals surface area contributed by atoms with Gasteiger partial charge in [-0.2, -0.15) is 5.10 Å². The van der Waals surface area contributed by atoms with E-state index in [1.54, 1.807) is 0 Å². The standard InChI is InChI=1S/C13H23N3/c1-16-13(8-9-15-16)7-6-11-4-2-3-5-12(11)10-14/h8-9,11-12H,2-7,10,14H2,1H3. The van der Waals surface area contributed by atoms with Gasteiger partial charge in [0.25, 0.3) is 0 Å². The van der Waals surface area contributed by atoms with E-state index in [-0.39, 0.29) is 0 Å². The third-order valence-electron chi connectivity index (χ3n) is 4.06. The molecule has 3 nitrogen and oxygen atoms in total. The largest absolute Gasteiger partial charge is 0.330 e. The Labute approximate surface area is 98.0 Å². The van der Waals surface area contributed by atoms with E-state index in [1.807, 2.05) is 17.9 Å². The number of hydrogen-bond acceptors (Lipinski definition) is 2. The van der Waals surface area contributed by atoms with Crippen LogP contribution < -0.4 is 5.73 Å². The molecule has 0 spiro atoms. The zero-order valence-corrected chi connectivity index (χ0v) is 10.2. The summed E-state index contributed by atoms with van der Waals surface area (Å²) in [5.74, 6) is 1.61. The Morgan fingerprint density at radius 3 is 2.75 bits per heavy atom. The van der Waals surface area contributed by atoms with Gasteiger partial charge in [0.15, 0.2) is 0 Å². The predicted molar refractivity (Wildman–Crippen MR) is 66.0 cm³/mol. The van der Waals surface area contributed by atoms with Crippen LogP contribution in [0.15, 0.2) is 12.3 Å². The second kappa shape index (κ2) is 5.48. The number of aryl methyl sites for hydroxylation is 2. The molecule has 1 aliphatic rings. The number of nitrogens with two attached hydrogens (primary N) is 1. The monoisotopic (exact) mass is 221 g/mol. The van der Waals surface area contributed by atoms with Crippen LogP contribution in [0.25, 0.3) is 0 Å². The molecule has 90 valence electrons. The summed E-state index contributed by atoms with van der Waals surface area (Å²) in [5, 5.41) is 4.21. The first kappa shape index (κ1) is 11.6. The van der Waals surface area contributed by atoms with Crippen LogP contribution in [0.3, 0.4) is 0 Å². The summed E-state index contributed by atoms with van der Waals surface area (Å²) in [6.45, 7) is 0.871. The van der Waals surface area contributed by atoms with Crippen LogP contribution in [0, 0.1) is 11.8 Å². The van der Waals surface area contributed by atoms with Gasteiger partial charge in [-0.1, -0.05) is 19.3 Å². The van der Waals surface area contributed by atoms with Gasteiger partial charge in [-0.15, -0.1) is 0 Å². The van der Waals surface area contributed by atoms with Crippen LogP contribution >= 0.6 is 0 Å². The Morgan fingerprint density at radius 1 is 1.38 bits per heavy atom. The minimum absolute atomic E-state index is 0.766. The number of hydrogen-bond donors (Lipinski definition) is 1. The lowest BCUT2D eigenvalue weighted by Crippen LogP contribution is -2.27. The van der Waals surface area contributed by atoms with E-state index >= 15 is 0 Å². The summed E-state index contributed by atoms with van der Waals surface area (Å²) >= 11 is 0. The zero-order chi connectivity index (χ0) is 11.4. The number of aromatic nitrogens is 2. The smallest absolute Gasteiger partial charge is 0.0492 e. The van der Waals surface area contributed by atoms with Gasteiger partial charge in [0, 0.05) is 18.9 Å². The molecule has 1 fully saturated rings. The van der Waals surface area contributed by atoms with E-state index in [9.17, 15) is 0 Å². The molecule has 1 heterocycles. The lowest BCUT2D eigenvalue weighted by Gasteiger charge is -2.30. The van der Waals surface area contributed by atoms with Gasteiger partial charge in [-0.05, 0) is 43.7 Å². The minimum Gasteiger partial charge on any atom is -0.330 e. The van der Waals surface area contributed by atoms with Gasteiger partial charge in [-0.25, -0.2) is 0 Å². The molecule has 1 aromatic heterocycles. The average Bonchev–Trinajstić information content (AvgIpc) is 2.72. The maximum absolute atomic E-state index is 5.85. The van der Waals surface area contributed by atoms with Crippen molar-refractivity contribution in [3.8, 4) is 0 Å². The summed E-state index contributed by atoms with van der Waals surface area (Å²) < 4.78 is 1.99. The van der Waals surface area contributed by atoms with Crippen molar-refractivity contribution in [3.63, 3.8) is 0 Å². The molecule has 0 bridgehead atoms. The fraction of sp³-hybridized carbons (Fsp3) is 0.769. The van der Waals surface area contributed by atoms with Crippen LogP contribution in [0.4, 0.5) is 0 Å². The molecule has 0 aliphatic heterocycles. The van der Waals surface area contributed by atoms with E-state index in [2.05, 4.69) is 11.2 Å². The molecule has 1 aliphatic carbocycles. The number of rotatable bonds is 4. The third-order valence-corrected chi connectivity index (χ3v) is 4.06. The van der Waals surface area contributed by atoms with Gasteiger partial charge >= 0.3 is 0 Å². The molecule has 2 N–H and O–H groups in total. The topological polar surface area (TPSA) is 43.8 Å². The van der Waals surface area contributed by atoms with Crippen molar-refractivity contribution in [2.75, 3.05) is 6.54 Å². The lowest BCUT2D eigenvalue weighted by molar-refractivity contribution is 0.229. The molecule has 2 atom stereocenters. The van der Waals surface area contributed by atoms with Crippen LogP contribution in [0.1, 0.15) is 37.8 Å². The highest BCUT2D eigenvalue weighted by Crippen LogP contribution is 2.32. The number of nitrogens with zero attached hydrogens (tertiary/aromatic N) is 2. The Morgan fingerprint density at radius 2 is 2.12 bits per heavy atom. The van der Waals surface area contributed by atoms with Crippen molar-refractivity contribution in [2.24, 2.45) is 24.6 Å². The minimum atomic E-state index is 0.766. The zero-order valence-electron chi connectivity index (χ0n) is 10.2. The first-order valence-corrected chi connectivity index (χ1v) is 6.48. The fourth-order valence-corrected chi connectivity index (χ4v) is 2.95. The Hall–Kier alpha value is -0.830. The van der Waals surface area contributed by atoms with Gasteiger partial charge in [0.2, 0.25) is 0 Å². The van der Waals surface area contributed by atoms with Crippen LogP contribution in [-0.2, 0) is 13.5 Å². The van der Waals surface area contributed by atoms with Crippen molar-refractivity contribution < 1.29 is 0 Å². The van der Waals surface area contributed by atoms with E-state index in [0.717, 1.165) is 24.8 Å². The third kappa shape index (κ3) is 2.64. The van der Waals surface area contributed by atoms with Crippen molar-refractivity contribution in [1.82, 2.24) is 9.78 Å². The first-order valence-electron chi connectivity index (χ1n) is 6.48. The van der Waals surface area contributed by atoms with Gasteiger partial charge in [-0.3, -0.25) is 4.68 Å². The molecule has 0 aromatic carbocycles. The molecule has 0 radical (unpaired) electrons. The second-order valence-electron chi connectivity index (χ2n) is 5.03. The summed E-state index contributed by atoms with van der Waals surface area (Å²) in [4.78, 5) is 0. The van der Waals surface area contributed by atoms with Crippen LogP contribution in [0.2, 0.25) is 0 Å². The molecule has 16 heavy (non-hydrogen) atoms. The maximum atomic E-state index is 5.85. The maximum Gasteiger partial charge on any atom is 0.0492 e. The van der Waals surface area contributed by atoms with Gasteiger partial charge in [0.1, 0.15) is 0 Å². The summed E-state index contributed by atoms with van der Waals surface area (Å²) in [6, 6.07) is 2.13. The van der Waals surface area contributed by atoms with Crippen LogP contribution in [0.5, 0.6) is 0 Å². The SMILES string of the molecule is Cn1nccc1CCC1CCCCC1CN. The predicted octanol–water partition coefficient (Wildman–Crippen LogP) is 2.12. The van der Waals surface area contributed by atoms with E-state index < -0.39 is 0 Å². The Kier molecular flexibility index (Phi) is 3.99. The Balaban J connectivity index is 1.86.